The van der Waals surface area contributed by atoms with Gasteiger partial charge < -0.3 is 10.2 Å². The van der Waals surface area contributed by atoms with Crippen molar-refractivity contribution in [3.63, 3.8) is 0 Å². The molecule has 1 aliphatic heterocycles. The molecule has 3 heterocycles. The standard InChI is InChI=1S/C23H24N6O/c30-23(24-13-10-17-6-2-1-3-7-17)18-11-14-28(15-12-18)21-22-27-25-16-29(22)20-9-5-4-8-19(20)26-21/h1-9,16,18H,10-15H2,(H,24,30). The summed E-state index contributed by atoms with van der Waals surface area (Å²) in [5.41, 5.74) is 3.92. The smallest absolute Gasteiger partial charge is 0.223 e. The maximum atomic E-state index is 12.6. The van der Waals surface area contributed by atoms with Gasteiger partial charge in [-0.05, 0) is 37.0 Å². The maximum Gasteiger partial charge on any atom is 0.223 e. The maximum absolute atomic E-state index is 12.6. The van der Waals surface area contributed by atoms with E-state index in [1.165, 1.54) is 5.56 Å². The van der Waals surface area contributed by atoms with Crippen molar-refractivity contribution in [1.29, 1.82) is 0 Å². The van der Waals surface area contributed by atoms with Crippen LogP contribution in [-0.4, -0.2) is 45.1 Å². The van der Waals surface area contributed by atoms with Crippen LogP contribution < -0.4 is 10.2 Å². The molecule has 1 N–H and O–H groups in total. The average molecular weight is 400 g/mol. The van der Waals surface area contributed by atoms with E-state index >= 15 is 0 Å². The first kappa shape index (κ1) is 18.5. The molecule has 152 valence electrons. The van der Waals surface area contributed by atoms with Crippen LogP contribution in [0.3, 0.4) is 0 Å². The topological polar surface area (TPSA) is 75.4 Å². The second kappa shape index (κ2) is 8.10. The number of piperidine rings is 1. The lowest BCUT2D eigenvalue weighted by molar-refractivity contribution is -0.125. The van der Waals surface area contributed by atoms with Gasteiger partial charge >= 0.3 is 0 Å². The number of anilines is 1. The second-order valence-corrected chi connectivity index (χ2v) is 7.74. The third-order valence-corrected chi connectivity index (χ3v) is 5.84. The van der Waals surface area contributed by atoms with Gasteiger partial charge in [-0.25, -0.2) is 4.98 Å². The second-order valence-electron chi connectivity index (χ2n) is 7.74. The molecule has 0 radical (unpaired) electrons. The molecule has 1 saturated heterocycles. The predicted octanol–water partition coefficient (Wildman–Crippen LogP) is 2.85. The summed E-state index contributed by atoms with van der Waals surface area (Å²) in [5, 5.41) is 11.5. The molecule has 0 aliphatic carbocycles. The van der Waals surface area contributed by atoms with Crippen molar-refractivity contribution in [2.45, 2.75) is 19.3 Å². The fourth-order valence-corrected chi connectivity index (χ4v) is 4.17. The number of hydrogen-bond donors (Lipinski definition) is 1. The monoisotopic (exact) mass is 400 g/mol. The number of carbonyl (C=O) groups is 1. The van der Waals surface area contributed by atoms with Crippen LogP contribution in [0.4, 0.5) is 5.82 Å². The Kier molecular flexibility index (Phi) is 5.01. The molecule has 0 spiro atoms. The van der Waals surface area contributed by atoms with Gasteiger partial charge in [0.2, 0.25) is 11.6 Å². The molecule has 30 heavy (non-hydrogen) atoms. The zero-order valence-corrected chi connectivity index (χ0v) is 16.7. The fourth-order valence-electron chi connectivity index (χ4n) is 4.17. The highest BCUT2D eigenvalue weighted by Crippen LogP contribution is 2.27. The molecule has 0 saturated carbocycles. The zero-order chi connectivity index (χ0) is 20.3. The molecule has 0 unspecified atom stereocenters. The Balaban J connectivity index is 1.23. The van der Waals surface area contributed by atoms with E-state index < -0.39 is 0 Å². The highest BCUT2D eigenvalue weighted by molar-refractivity contribution is 5.83. The van der Waals surface area contributed by atoms with Gasteiger partial charge in [0.25, 0.3) is 0 Å². The minimum absolute atomic E-state index is 0.0476. The van der Waals surface area contributed by atoms with Crippen molar-refractivity contribution in [2.75, 3.05) is 24.5 Å². The predicted molar refractivity (Wildman–Crippen MR) is 116 cm³/mol. The largest absolute Gasteiger partial charge is 0.356 e. The van der Waals surface area contributed by atoms with E-state index in [4.69, 9.17) is 4.98 Å². The Morgan fingerprint density at radius 1 is 1.03 bits per heavy atom. The number of fused-ring (bicyclic) bond motifs is 3. The van der Waals surface area contributed by atoms with Crippen molar-refractivity contribution in [3.05, 3.63) is 66.5 Å². The van der Waals surface area contributed by atoms with E-state index in [0.29, 0.717) is 6.54 Å². The lowest BCUT2D eigenvalue weighted by atomic mass is 9.96. The van der Waals surface area contributed by atoms with Crippen molar-refractivity contribution in [2.24, 2.45) is 5.92 Å². The molecule has 2 aromatic carbocycles. The average Bonchev–Trinajstić information content (AvgIpc) is 3.30. The number of nitrogens with zero attached hydrogens (tertiary/aromatic N) is 5. The first-order valence-electron chi connectivity index (χ1n) is 10.4. The van der Waals surface area contributed by atoms with Gasteiger partial charge in [-0.3, -0.25) is 9.20 Å². The van der Waals surface area contributed by atoms with Gasteiger partial charge in [-0.2, -0.15) is 0 Å². The summed E-state index contributed by atoms with van der Waals surface area (Å²) in [7, 11) is 0. The Hall–Kier alpha value is -3.48. The third-order valence-electron chi connectivity index (χ3n) is 5.84. The number of benzene rings is 2. The normalized spacial score (nSPS) is 15.0. The zero-order valence-electron chi connectivity index (χ0n) is 16.7. The Morgan fingerprint density at radius 2 is 1.80 bits per heavy atom. The van der Waals surface area contributed by atoms with Crippen LogP contribution in [0, 0.1) is 5.92 Å². The van der Waals surface area contributed by atoms with E-state index in [1.807, 2.05) is 46.9 Å². The van der Waals surface area contributed by atoms with E-state index in [0.717, 1.165) is 54.9 Å². The van der Waals surface area contributed by atoms with Crippen molar-refractivity contribution < 1.29 is 4.79 Å². The molecular formula is C23H24N6O. The highest BCUT2D eigenvalue weighted by atomic mass is 16.1. The van der Waals surface area contributed by atoms with E-state index in [9.17, 15) is 4.79 Å². The van der Waals surface area contributed by atoms with Crippen LogP contribution in [0.25, 0.3) is 16.7 Å². The quantitative estimate of drug-likeness (QED) is 0.558. The molecular weight excluding hydrogens is 376 g/mol. The van der Waals surface area contributed by atoms with E-state index in [1.54, 1.807) is 6.33 Å². The first-order chi connectivity index (χ1) is 14.8. The van der Waals surface area contributed by atoms with Gasteiger partial charge in [0.1, 0.15) is 6.33 Å². The number of para-hydroxylation sites is 2. The Bertz CT molecular complexity index is 1160. The lowest BCUT2D eigenvalue weighted by Crippen LogP contribution is -2.41. The summed E-state index contributed by atoms with van der Waals surface area (Å²) < 4.78 is 1.99. The highest BCUT2D eigenvalue weighted by Gasteiger charge is 2.27. The molecule has 7 heteroatoms. The van der Waals surface area contributed by atoms with Gasteiger partial charge in [-0.1, -0.05) is 42.5 Å². The molecule has 1 fully saturated rings. The summed E-state index contributed by atoms with van der Waals surface area (Å²) in [6.45, 7) is 2.24. The lowest BCUT2D eigenvalue weighted by Gasteiger charge is -2.32. The van der Waals surface area contributed by atoms with Crippen LogP contribution in [0.2, 0.25) is 0 Å². The summed E-state index contributed by atoms with van der Waals surface area (Å²) in [5.74, 6) is 1.05. The van der Waals surface area contributed by atoms with Crippen molar-refractivity contribution in [3.8, 4) is 0 Å². The van der Waals surface area contributed by atoms with Gasteiger partial charge in [0.05, 0.1) is 11.0 Å². The number of carbonyl (C=O) groups excluding carboxylic acids is 1. The number of aromatic nitrogens is 4. The minimum atomic E-state index is 0.0476. The number of rotatable bonds is 5. The molecule has 4 aromatic rings. The SMILES string of the molecule is O=C(NCCc1ccccc1)C1CCN(c2nc3ccccc3n3cnnc23)CC1. The summed E-state index contributed by atoms with van der Waals surface area (Å²) >= 11 is 0. The van der Waals surface area contributed by atoms with E-state index in [-0.39, 0.29) is 11.8 Å². The Morgan fingerprint density at radius 3 is 2.63 bits per heavy atom. The summed E-state index contributed by atoms with van der Waals surface area (Å²) in [4.78, 5) is 19.7. The minimum Gasteiger partial charge on any atom is -0.356 e. The molecule has 2 aromatic heterocycles. The van der Waals surface area contributed by atoms with Gasteiger partial charge in [0, 0.05) is 25.6 Å². The molecule has 1 amide bonds. The van der Waals surface area contributed by atoms with Crippen LogP contribution >= 0.6 is 0 Å². The molecule has 0 atom stereocenters. The van der Waals surface area contributed by atoms with Gasteiger partial charge in [0.15, 0.2) is 5.82 Å². The molecule has 0 bridgehead atoms. The number of amides is 1. The molecule has 5 rings (SSSR count). The summed E-state index contributed by atoms with van der Waals surface area (Å²) in [6.07, 6.45) is 4.21. The van der Waals surface area contributed by atoms with E-state index in [2.05, 4.69) is 32.5 Å². The van der Waals surface area contributed by atoms with Crippen molar-refractivity contribution >= 4 is 28.4 Å². The third kappa shape index (κ3) is 3.58. The van der Waals surface area contributed by atoms with Crippen LogP contribution in [0.15, 0.2) is 60.9 Å². The Labute approximate surface area is 174 Å². The van der Waals surface area contributed by atoms with Crippen LogP contribution in [0.1, 0.15) is 18.4 Å². The molecule has 1 aliphatic rings. The molecule has 7 nitrogen and oxygen atoms in total. The fraction of sp³-hybridized carbons (Fsp3) is 0.304. The van der Waals surface area contributed by atoms with Gasteiger partial charge in [-0.15, -0.1) is 10.2 Å². The van der Waals surface area contributed by atoms with Crippen LogP contribution in [0.5, 0.6) is 0 Å². The first-order valence-corrected chi connectivity index (χ1v) is 10.4. The summed E-state index contributed by atoms with van der Waals surface area (Å²) in [6, 6.07) is 18.2. The number of hydrogen-bond acceptors (Lipinski definition) is 5. The van der Waals surface area contributed by atoms with Crippen LogP contribution in [-0.2, 0) is 11.2 Å². The number of nitrogens with one attached hydrogen (secondary N) is 1. The van der Waals surface area contributed by atoms with Crippen molar-refractivity contribution in [1.82, 2.24) is 24.9 Å².